The third kappa shape index (κ3) is 3.10. The standard InChI is InChI=1S/C20H18N6S/c1-13-4-7-17-14(9-13)3-2-8-26(17)20-22-11-21-19(25-20)24-15-5-6-16-18(10-15)27-12-23-16/h4-7,9-12H,2-3,8H2,1H3,(H,21,22,24,25). The molecule has 3 heterocycles. The van der Waals surface area contributed by atoms with Crippen LogP contribution in [0.2, 0.25) is 0 Å². The molecule has 4 aromatic rings. The molecule has 1 aliphatic rings. The molecule has 134 valence electrons. The molecular formula is C20H18N6S. The summed E-state index contributed by atoms with van der Waals surface area (Å²) in [6, 6.07) is 12.6. The summed E-state index contributed by atoms with van der Waals surface area (Å²) in [5.74, 6) is 1.22. The van der Waals surface area contributed by atoms with E-state index in [9.17, 15) is 0 Å². The molecule has 0 radical (unpaired) electrons. The number of rotatable bonds is 3. The van der Waals surface area contributed by atoms with E-state index in [0.29, 0.717) is 11.9 Å². The maximum Gasteiger partial charge on any atom is 0.234 e. The van der Waals surface area contributed by atoms with Crippen LogP contribution in [-0.2, 0) is 6.42 Å². The molecule has 0 saturated heterocycles. The van der Waals surface area contributed by atoms with Crippen LogP contribution in [-0.4, -0.2) is 26.5 Å². The highest BCUT2D eigenvalue weighted by molar-refractivity contribution is 7.16. The largest absolute Gasteiger partial charge is 0.324 e. The van der Waals surface area contributed by atoms with Crippen molar-refractivity contribution in [2.24, 2.45) is 0 Å². The zero-order valence-corrected chi connectivity index (χ0v) is 15.7. The number of anilines is 4. The smallest absolute Gasteiger partial charge is 0.234 e. The summed E-state index contributed by atoms with van der Waals surface area (Å²) >= 11 is 1.62. The van der Waals surface area contributed by atoms with Crippen LogP contribution in [0.4, 0.5) is 23.3 Å². The zero-order chi connectivity index (χ0) is 18.2. The second-order valence-corrected chi connectivity index (χ2v) is 7.54. The van der Waals surface area contributed by atoms with E-state index in [1.807, 2.05) is 17.6 Å². The normalized spacial score (nSPS) is 13.6. The van der Waals surface area contributed by atoms with Gasteiger partial charge >= 0.3 is 0 Å². The van der Waals surface area contributed by atoms with Gasteiger partial charge in [0.05, 0.1) is 15.7 Å². The number of nitrogens with one attached hydrogen (secondary N) is 1. The van der Waals surface area contributed by atoms with Gasteiger partial charge in [-0.1, -0.05) is 17.7 Å². The van der Waals surface area contributed by atoms with E-state index in [4.69, 9.17) is 0 Å². The van der Waals surface area contributed by atoms with Crippen molar-refractivity contribution in [3.63, 3.8) is 0 Å². The first kappa shape index (κ1) is 16.1. The Balaban J connectivity index is 1.46. The Bertz CT molecular complexity index is 1120. The summed E-state index contributed by atoms with van der Waals surface area (Å²) in [4.78, 5) is 19.9. The van der Waals surface area contributed by atoms with Crippen molar-refractivity contribution in [1.29, 1.82) is 0 Å². The summed E-state index contributed by atoms with van der Waals surface area (Å²) in [6.07, 6.45) is 3.75. The summed E-state index contributed by atoms with van der Waals surface area (Å²) in [7, 11) is 0. The van der Waals surface area contributed by atoms with Crippen molar-refractivity contribution >= 4 is 44.8 Å². The van der Waals surface area contributed by atoms with E-state index in [-0.39, 0.29) is 0 Å². The minimum Gasteiger partial charge on any atom is -0.324 e. The first-order chi connectivity index (χ1) is 13.3. The lowest BCUT2D eigenvalue weighted by atomic mass is 10.00. The average Bonchev–Trinajstić information content (AvgIpc) is 3.15. The monoisotopic (exact) mass is 374 g/mol. The third-order valence-electron chi connectivity index (χ3n) is 4.74. The molecular weight excluding hydrogens is 356 g/mol. The predicted molar refractivity (Wildman–Crippen MR) is 109 cm³/mol. The number of benzene rings is 2. The topological polar surface area (TPSA) is 66.8 Å². The lowest BCUT2D eigenvalue weighted by Gasteiger charge is -2.29. The first-order valence-corrected chi connectivity index (χ1v) is 9.81. The quantitative estimate of drug-likeness (QED) is 0.564. The maximum absolute atomic E-state index is 4.66. The molecule has 6 nitrogen and oxygen atoms in total. The van der Waals surface area contributed by atoms with Crippen molar-refractivity contribution in [1.82, 2.24) is 19.9 Å². The molecule has 0 saturated carbocycles. The average molecular weight is 374 g/mol. The number of hydrogen-bond donors (Lipinski definition) is 1. The molecule has 1 N–H and O–H groups in total. The summed E-state index contributed by atoms with van der Waals surface area (Å²) in [5, 5.41) is 3.29. The Morgan fingerprint density at radius 1 is 1.07 bits per heavy atom. The van der Waals surface area contributed by atoms with Crippen LogP contribution in [0.15, 0.2) is 48.2 Å². The number of aryl methyl sites for hydroxylation is 2. The number of nitrogens with zero attached hydrogens (tertiary/aromatic N) is 5. The van der Waals surface area contributed by atoms with Crippen LogP contribution >= 0.6 is 11.3 Å². The fourth-order valence-electron chi connectivity index (χ4n) is 3.47. The number of aromatic nitrogens is 4. The fourth-order valence-corrected chi connectivity index (χ4v) is 4.19. The number of thiazole rings is 1. The molecule has 27 heavy (non-hydrogen) atoms. The zero-order valence-electron chi connectivity index (χ0n) is 14.9. The molecule has 0 atom stereocenters. The van der Waals surface area contributed by atoms with Crippen LogP contribution in [0.5, 0.6) is 0 Å². The van der Waals surface area contributed by atoms with Crippen LogP contribution in [0, 0.1) is 6.92 Å². The minimum atomic E-state index is 0.545. The highest BCUT2D eigenvalue weighted by Crippen LogP contribution is 2.32. The van der Waals surface area contributed by atoms with E-state index in [1.54, 1.807) is 17.7 Å². The molecule has 0 bridgehead atoms. The van der Waals surface area contributed by atoms with Gasteiger partial charge in [-0.25, -0.2) is 15.0 Å². The molecule has 2 aromatic heterocycles. The highest BCUT2D eigenvalue weighted by atomic mass is 32.1. The first-order valence-electron chi connectivity index (χ1n) is 8.93. The number of fused-ring (bicyclic) bond motifs is 2. The predicted octanol–water partition coefficient (Wildman–Crippen LogP) is 4.62. The summed E-state index contributed by atoms with van der Waals surface area (Å²) in [5.41, 5.74) is 7.62. The molecule has 1 aliphatic heterocycles. The van der Waals surface area contributed by atoms with Crippen LogP contribution in [0.25, 0.3) is 10.2 Å². The Morgan fingerprint density at radius 3 is 3.00 bits per heavy atom. The van der Waals surface area contributed by atoms with E-state index in [0.717, 1.165) is 35.3 Å². The van der Waals surface area contributed by atoms with Gasteiger partial charge in [-0.15, -0.1) is 11.3 Å². The molecule has 7 heteroatoms. The van der Waals surface area contributed by atoms with E-state index >= 15 is 0 Å². The van der Waals surface area contributed by atoms with Gasteiger partial charge in [0, 0.05) is 17.9 Å². The van der Waals surface area contributed by atoms with Crippen LogP contribution in [0.3, 0.4) is 0 Å². The Hall–Kier alpha value is -3.06. The van der Waals surface area contributed by atoms with Crippen LogP contribution in [0.1, 0.15) is 17.5 Å². The minimum absolute atomic E-state index is 0.545. The van der Waals surface area contributed by atoms with Crippen molar-refractivity contribution in [3.05, 3.63) is 59.4 Å². The van der Waals surface area contributed by atoms with Crippen molar-refractivity contribution in [2.75, 3.05) is 16.8 Å². The number of hydrogen-bond acceptors (Lipinski definition) is 7. The van der Waals surface area contributed by atoms with E-state index < -0.39 is 0 Å². The third-order valence-corrected chi connectivity index (χ3v) is 5.53. The second kappa shape index (κ2) is 6.59. The van der Waals surface area contributed by atoms with Gasteiger partial charge < -0.3 is 10.2 Å². The van der Waals surface area contributed by atoms with Crippen molar-refractivity contribution in [3.8, 4) is 0 Å². The fraction of sp³-hybridized carbons (Fsp3) is 0.200. The van der Waals surface area contributed by atoms with Gasteiger partial charge in [-0.2, -0.15) is 4.98 Å². The summed E-state index contributed by atoms with van der Waals surface area (Å²) in [6.45, 7) is 3.04. The summed E-state index contributed by atoms with van der Waals surface area (Å²) < 4.78 is 1.13. The lowest BCUT2D eigenvalue weighted by molar-refractivity contribution is 0.747. The van der Waals surface area contributed by atoms with Gasteiger partial charge in [0.1, 0.15) is 6.33 Å². The lowest BCUT2D eigenvalue weighted by Crippen LogP contribution is -2.26. The van der Waals surface area contributed by atoms with Crippen molar-refractivity contribution in [2.45, 2.75) is 19.8 Å². The molecule has 0 unspecified atom stereocenters. The van der Waals surface area contributed by atoms with E-state index in [1.165, 1.54) is 16.8 Å². The highest BCUT2D eigenvalue weighted by Gasteiger charge is 2.20. The SMILES string of the molecule is Cc1ccc2c(c1)CCCN2c1ncnc(Nc2ccc3ncsc3c2)n1. The molecule has 0 aliphatic carbocycles. The Morgan fingerprint density at radius 2 is 2.04 bits per heavy atom. The van der Waals surface area contributed by atoms with Gasteiger partial charge in [0.25, 0.3) is 0 Å². The van der Waals surface area contributed by atoms with Gasteiger partial charge in [-0.3, -0.25) is 0 Å². The van der Waals surface area contributed by atoms with E-state index in [2.05, 4.69) is 61.3 Å². The second-order valence-electron chi connectivity index (χ2n) is 6.66. The molecule has 0 amide bonds. The van der Waals surface area contributed by atoms with Gasteiger partial charge in [0.2, 0.25) is 11.9 Å². The molecule has 5 rings (SSSR count). The Kier molecular flexibility index (Phi) is 3.94. The van der Waals surface area contributed by atoms with Gasteiger partial charge in [-0.05, 0) is 49.6 Å². The molecule has 2 aromatic carbocycles. The van der Waals surface area contributed by atoms with Gasteiger partial charge in [0.15, 0.2) is 0 Å². The maximum atomic E-state index is 4.66. The molecule has 0 fully saturated rings. The Labute approximate surface area is 161 Å². The molecule has 0 spiro atoms. The van der Waals surface area contributed by atoms with Crippen LogP contribution < -0.4 is 10.2 Å². The van der Waals surface area contributed by atoms with Crippen molar-refractivity contribution < 1.29 is 0 Å².